The van der Waals surface area contributed by atoms with Crippen LogP contribution in [0.5, 0.6) is 0 Å². The zero-order chi connectivity index (χ0) is 15.1. The number of esters is 1. The molecule has 106 valence electrons. The molecule has 0 aromatic rings. The van der Waals surface area contributed by atoms with Crippen molar-refractivity contribution in [1.29, 1.82) is 0 Å². The first-order valence-electron chi connectivity index (χ1n) is 6.66. The lowest BCUT2D eigenvalue weighted by atomic mass is 9.87. The maximum atomic E-state index is 11.5. The van der Waals surface area contributed by atoms with E-state index in [9.17, 15) is 9.59 Å². The fraction of sp³-hybridized carbons (Fsp3) is 0.846. The Morgan fingerprint density at radius 1 is 1.33 bits per heavy atom. The van der Waals surface area contributed by atoms with Crippen LogP contribution in [0.2, 0.25) is 0 Å². The van der Waals surface area contributed by atoms with Gasteiger partial charge in [0.2, 0.25) is 0 Å². The summed E-state index contributed by atoms with van der Waals surface area (Å²) in [6, 6.07) is -1.08. The van der Waals surface area contributed by atoms with Gasteiger partial charge in [-0.2, -0.15) is 0 Å². The number of hydrogen-bond acceptors (Lipinski definition) is 4. The quantitative estimate of drug-likeness (QED) is 0.714. The van der Waals surface area contributed by atoms with Gasteiger partial charge in [-0.25, -0.2) is 4.79 Å². The van der Waals surface area contributed by atoms with E-state index in [0.717, 1.165) is 12.8 Å². The van der Waals surface area contributed by atoms with Crippen LogP contribution in [-0.2, 0) is 14.3 Å². The van der Waals surface area contributed by atoms with Gasteiger partial charge in [-0.15, -0.1) is 0 Å². The van der Waals surface area contributed by atoms with Gasteiger partial charge in [0.15, 0.2) is 0 Å². The van der Waals surface area contributed by atoms with E-state index < -0.39 is 17.5 Å². The molecule has 0 rings (SSSR count). The third kappa shape index (κ3) is 7.92. The van der Waals surface area contributed by atoms with Crippen LogP contribution in [0.15, 0.2) is 0 Å². The van der Waals surface area contributed by atoms with Gasteiger partial charge in [-0.1, -0.05) is 20.3 Å². The van der Waals surface area contributed by atoms with Crippen LogP contribution >= 0.6 is 0 Å². The monoisotopic (exact) mass is 260 g/mol. The normalized spacial score (nSPS) is 15.3. The predicted octanol–water partition coefficient (Wildman–Crippen LogP) is 2.49. The Morgan fingerprint density at radius 3 is 2.33 bits per heavy atom. The van der Waals surface area contributed by atoms with Gasteiger partial charge >= 0.3 is 12.1 Å². The number of carbonyl (C=O) groups excluding carboxylic acids is 2. The molecule has 0 aliphatic rings. The maximum Gasteiger partial charge on any atom is 0.407 e. The molecule has 1 N–H and O–H groups in total. The van der Waals surface area contributed by atoms with Gasteiger partial charge < -0.3 is 14.8 Å². The lowest BCUT2D eigenvalue weighted by Crippen LogP contribution is -2.36. The minimum absolute atomic E-state index is 0.149. The number of alkyl carbamates (subject to hydrolysis) is 1. The number of ether oxygens (including phenoxy) is 2. The largest absolute Gasteiger partial charge is 0.465 e. The molecule has 1 amide bonds. The molecule has 0 saturated heterocycles. The average Bonchev–Trinajstić information content (AvgIpc) is 2.22. The summed E-state index contributed by atoms with van der Waals surface area (Å²) in [5.41, 5.74) is -0.399. The Bertz CT molecular complexity index is 314. The van der Waals surface area contributed by atoms with Crippen molar-refractivity contribution in [2.24, 2.45) is 5.41 Å². The highest BCUT2D eigenvalue weighted by molar-refractivity contribution is 5.67. The molecule has 0 spiro atoms. The van der Waals surface area contributed by atoms with E-state index in [4.69, 9.17) is 10.8 Å². The van der Waals surface area contributed by atoms with Crippen LogP contribution in [0.25, 0.3) is 0 Å². The predicted molar refractivity (Wildman–Crippen MR) is 69.3 cm³/mol. The molecule has 0 aromatic carbocycles. The Kier molecular flexibility index (Phi) is 6.54. The van der Waals surface area contributed by atoms with Crippen molar-refractivity contribution in [3.63, 3.8) is 0 Å². The topological polar surface area (TPSA) is 64.6 Å². The highest BCUT2D eigenvalue weighted by atomic mass is 16.6. The van der Waals surface area contributed by atoms with Crippen molar-refractivity contribution in [2.75, 3.05) is 13.2 Å². The summed E-state index contributed by atoms with van der Waals surface area (Å²) < 4.78 is 17.6. The minimum Gasteiger partial charge on any atom is -0.465 e. The van der Waals surface area contributed by atoms with Crippen molar-refractivity contribution in [2.45, 2.75) is 53.5 Å². The molecule has 0 fully saturated rings. The second-order valence-electron chi connectivity index (χ2n) is 5.04. The van der Waals surface area contributed by atoms with E-state index >= 15 is 0 Å². The lowest BCUT2D eigenvalue weighted by molar-refractivity contribution is -0.145. The first-order chi connectivity index (χ1) is 8.58. The summed E-state index contributed by atoms with van der Waals surface area (Å²) >= 11 is 0. The number of hydrogen-bond donors (Lipinski definition) is 1. The number of amides is 1. The molecule has 1 atom stereocenters. The molecule has 0 bridgehead atoms. The van der Waals surface area contributed by atoms with Crippen molar-refractivity contribution in [3.8, 4) is 0 Å². The molecule has 18 heavy (non-hydrogen) atoms. The van der Waals surface area contributed by atoms with Crippen LogP contribution in [0.3, 0.4) is 0 Å². The highest BCUT2D eigenvalue weighted by Crippen LogP contribution is 2.24. The minimum atomic E-state index is -1.08. The molecular weight excluding hydrogens is 234 g/mol. The summed E-state index contributed by atoms with van der Waals surface area (Å²) in [6.45, 7) is 8.74. The van der Waals surface area contributed by atoms with E-state index in [1.165, 1.54) is 6.92 Å². The zero-order valence-electron chi connectivity index (χ0n) is 13.0. The van der Waals surface area contributed by atoms with Crippen LogP contribution in [0, 0.1) is 5.41 Å². The zero-order valence-corrected chi connectivity index (χ0v) is 12.0. The molecule has 0 aromatic heterocycles. The van der Waals surface area contributed by atoms with Gasteiger partial charge in [0.1, 0.15) is 6.61 Å². The molecule has 0 saturated carbocycles. The van der Waals surface area contributed by atoms with Gasteiger partial charge in [-0.05, 0) is 20.3 Å². The van der Waals surface area contributed by atoms with E-state index in [-0.39, 0.29) is 19.2 Å². The third-order valence-corrected chi connectivity index (χ3v) is 2.38. The maximum absolute atomic E-state index is 11.5. The summed E-state index contributed by atoms with van der Waals surface area (Å²) in [6.07, 6.45) is 1.04. The number of nitrogens with one attached hydrogen (secondary N) is 1. The van der Waals surface area contributed by atoms with Crippen LogP contribution < -0.4 is 5.32 Å². The Morgan fingerprint density at radius 2 is 1.89 bits per heavy atom. The molecule has 5 nitrogen and oxygen atoms in total. The molecule has 0 aliphatic carbocycles. The summed E-state index contributed by atoms with van der Waals surface area (Å²) in [5, 5.41) is 2.40. The Hall–Kier alpha value is -1.26. The van der Waals surface area contributed by atoms with E-state index in [2.05, 4.69) is 5.32 Å². The third-order valence-electron chi connectivity index (χ3n) is 2.38. The van der Waals surface area contributed by atoms with Crippen molar-refractivity contribution < 1.29 is 20.4 Å². The first kappa shape index (κ1) is 14.8. The van der Waals surface area contributed by atoms with Crippen molar-refractivity contribution in [1.82, 2.24) is 5.32 Å². The fourth-order valence-corrected chi connectivity index (χ4v) is 1.55. The lowest BCUT2D eigenvalue weighted by Gasteiger charge is -2.28. The van der Waals surface area contributed by atoms with Gasteiger partial charge in [0.25, 0.3) is 0 Å². The average molecular weight is 260 g/mol. The van der Waals surface area contributed by atoms with Crippen LogP contribution in [0.1, 0.15) is 48.8 Å². The molecule has 0 heterocycles. The molecule has 1 unspecified atom stereocenters. The second-order valence-corrected chi connectivity index (χ2v) is 5.04. The Balaban J connectivity index is 4.34. The molecule has 0 radical (unpaired) electrons. The van der Waals surface area contributed by atoms with Crippen molar-refractivity contribution >= 4 is 12.1 Å². The van der Waals surface area contributed by atoms with Gasteiger partial charge in [0.05, 0.1) is 7.98 Å². The molecule has 0 aliphatic heterocycles. The summed E-state index contributed by atoms with van der Waals surface area (Å²) in [7, 11) is 0. The van der Waals surface area contributed by atoms with Gasteiger partial charge in [0, 0.05) is 18.4 Å². The summed E-state index contributed by atoms with van der Waals surface area (Å²) in [5.74, 6) is -0.348. The van der Waals surface area contributed by atoms with E-state index in [1.807, 2.05) is 13.8 Å². The summed E-state index contributed by atoms with van der Waals surface area (Å²) in [4.78, 5) is 22.3. The first-order valence-corrected chi connectivity index (χ1v) is 6.16. The number of rotatable bonds is 7. The second kappa shape index (κ2) is 7.95. The SMILES string of the molecule is [2H]C(C)(C)NC(=O)OCC(C)(CCC)COC(C)=O. The molecular formula is C13H25NO4. The van der Waals surface area contributed by atoms with Gasteiger partial charge in [-0.3, -0.25) is 4.79 Å². The van der Waals surface area contributed by atoms with Crippen LogP contribution in [-0.4, -0.2) is 31.3 Å². The Labute approximate surface area is 111 Å². The standard InChI is InChI=1S/C13H25NO4/c1-6-7-13(5,8-17-11(4)15)9-18-12(16)14-10(2)3/h10H,6-9H2,1-5H3,(H,14,16)/i10D. The van der Waals surface area contributed by atoms with Crippen LogP contribution in [0.4, 0.5) is 4.79 Å². The van der Waals surface area contributed by atoms with Crippen molar-refractivity contribution in [3.05, 3.63) is 0 Å². The fourth-order valence-electron chi connectivity index (χ4n) is 1.55. The molecule has 5 heteroatoms. The highest BCUT2D eigenvalue weighted by Gasteiger charge is 2.27. The number of carbonyl (C=O) groups is 2. The van der Waals surface area contributed by atoms with E-state index in [1.54, 1.807) is 13.8 Å². The van der Waals surface area contributed by atoms with E-state index in [0.29, 0.717) is 0 Å². The smallest absolute Gasteiger partial charge is 0.407 e.